The van der Waals surface area contributed by atoms with E-state index in [2.05, 4.69) is 34.9 Å². The molecule has 6 heteroatoms. The van der Waals surface area contributed by atoms with E-state index in [0.29, 0.717) is 11.8 Å². The van der Waals surface area contributed by atoms with E-state index in [1.807, 2.05) is 0 Å². The minimum Gasteiger partial charge on any atom is -0.273 e. The lowest BCUT2D eigenvalue weighted by molar-refractivity contribution is -0.126. The average molecular weight is 334 g/mol. The molecule has 0 spiro atoms. The third-order valence-electron chi connectivity index (χ3n) is 5.01. The van der Waals surface area contributed by atoms with Crippen molar-refractivity contribution in [3.63, 3.8) is 0 Å². The SMILES string of the molecule is CC1CCCC/C1=N/NC(=O)CCC(=O)N/N=C1/CCCCC1C. The van der Waals surface area contributed by atoms with Crippen LogP contribution in [0.3, 0.4) is 0 Å². The number of carbonyl (C=O) groups excluding carboxylic acids is 2. The topological polar surface area (TPSA) is 82.9 Å². The van der Waals surface area contributed by atoms with Crippen LogP contribution in [0.5, 0.6) is 0 Å². The maximum atomic E-state index is 11.8. The van der Waals surface area contributed by atoms with Crippen molar-refractivity contribution in [2.24, 2.45) is 22.0 Å². The summed E-state index contributed by atoms with van der Waals surface area (Å²) < 4.78 is 0. The summed E-state index contributed by atoms with van der Waals surface area (Å²) in [5, 5.41) is 8.46. The number of rotatable bonds is 5. The van der Waals surface area contributed by atoms with E-state index in [4.69, 9.17) is 0 Å². The Labute approximate surface area is 144 Å². The van der Waals surface area contributed by atoms with Crippen molar-refractivity contribution >= 4 is 23.2 Å². The van der Waals surface area contributed by atoms with Crippen molar-refractivity contribution in [3.05, 3.63) is 0 Å². The normalized spacial score (nSPS) is 27.9. The van der Waals surface area contributed by atoms with Crippen LogP contribution >= 0.6 is 0 Å². The monoisotopic (exact) mass is 334 g/mol. The highest BCUT2D eigenvalue weighted by molar-refractivity contribution is 5.90. The first-order valence-electron chi connectivity index (χ1n) is 9.27. The Hall–Kier alpha value is -1.72. The van der Waals surface area contributed by atoms with Gasteiger partial charge in [-0.1, -0.05) is 26.7 Å². The van der Waals surface area contributed by atoms with Crippen molar-refractivity contribution in [1.29, 1.82) is 0 Å². The van der Waals surface area contributed by atoms with Crippen LogP contribution in [0.4, 0.5) is 0 Å². The van der Waals surface area contributed by atoms with Gasteiger partial charge in [-0.3, -0.25) is 9.59 Å². The molecule has 2 atom stereocenters. The molecule has 0 radical (unpaired) electrons. The van der Waals surface area contributed by atoms with Crippen LogP contribution in [0.1, 0.15) is 78.1 Å². The van der Waals surface area contributed by atoms with Gasteiger partial charge in [-0.25, -0.2) is 10.9 Å². The molecular weight excluding hydrogens is 304 g/mol. The van der Waals surface area contributed by atoms with Crippen LogP contribution in [0, 0.1) is 11.8 Å². The third kappa shape index (κ3) is 6.06. The zero-order valence-electron chi connectivity index (χ0n) is 14.9. The maximum Gasteiger partial charge on any atom is 0.240 e. The Morgan fingerprint density at radius 3 is 1.62 bits per heavy atom. The smallest absolute Gasteiger partial charge is 0.240 e. The lowest BCUT2D eigenvalue weighted by atomic mass is 9.89. The average Bonchev–Trinajstić information content (AvgIpc) is 2.58. The van der Waals surface area contributed by atoms with Gasteiger partial charge in [0.15, 0.2) is 0 Å². The predicted molar refractivity (Wildman–Crippen MR) is 95.7 cm³/mol. The Kier molecular flexibility index (Phi) is 7.40. The molecule has 2 rings (SSSR count). The molecule has 2 saturated carbocycles. The van der Waals surface area contributed by atoms with Crippen LogP contribution in [-0.4, -0.2) is 23.2 Å². The van der Waals surface area contributed by atoms with Crippen LogP contribution in [0.15, 0.2) is 10.2 Å². The van der Waals surface area contributed by atoms with Gasteiger partial charge < -0.3 is 0 Å². The van der Waals surface area contributed by atoms with Crippen LogP contribution in [-0.2, 0) is 9.59 Å². The van der Waals surface area contributed by atoms with E-state index >= 15 is 0 Å². The zero-order valence-corrected chi connectivity index (χ0v) is 14.9. The van der Waals surface area contributed by atoms with E-state index in [1.54, 1.807) is 0 Å². The fraction of sp³-hybridized carbons (Fsp3) is 0.778. The van der Waals surface area contributed by atoms with E-state index in [0.717, 1.165) is 49.9 Å². The minimum atomic E-state index is -0.214. The van der Waals surface area contributed by atoms with E-state index in [-0.39, 0.29) is 24.7 Å². The summed E-state index contributed by atoms with van der Waals surface area (Å²) in [5.41, 5.74) is 7.30. The molecule has 2 aliphatic rings. The summed E-state index contributed by atoms with van der Waals surface area (Å²) in [7, 11) is 0. The van der Waals surface area contributed by atoms with E-state index in [1.165, 1.54) is 12.8 Å². The molecule has 134 valence electrons. The Morgan fingerprint density at radius 2 is 1.25 bits per heavy atom. The van der Waals surface area contributed by atoms with Gasteiger partial charge in [0.05, 0.1) is 0 Å². The number of carbonyl (C=O) groups is 2. The molecule has 2 N–H and O–H groups in total. The van der Waals surface area contributed by atoms with Crippen LogP contribution in [0.25, 0.3) is 0 Å². The summed E-state index contributed by atoms with van der Waals surface area (Å²) in [6.45, 7) is 4.28. The van der Waals surface area contributed by atoms with Gasteiger partial charge in [0, 0.05) is 24.3 Å². The molecule has 0 saturated heterocycles. The maximum absolute atomic E-state index is 11.8. The first-order valence-corrected chi connectivity index (χ1v) is 9.27. The number of hydrogen-bond acceptors (Lipinski definition) is 4. The van der Waals surface area contributed by atoms with Crippen LogP contribution in [0.2, 0.25) is 0 Å². The summed E-state index contributed by atoms with van der Waals surface area (Å²) >= 11 is 0. The summed E-state index contributed by atoms with van der Waals surface area (Å²) in [4.78, 5) is 23.6. The minimum absolute atomic E-state index is 0.136. The lowest BCUT2D eigenvalue weighted by Gasteiger charge is -2.20. The van der Waals surface area contributed by atoms with Crippen molar-refractivity contribution in [2.75, 3.05) is 0 Å². The molecule has 2 unspecified atom stereocenters. The van der Waals surface area contributed by atoms with Crippen molar-refractivity contribution in [3.8, 4) is 0 Å². The molecule has 24 heavy (non-hydrogen) atoms. The highest BCUT2D eigenvalue weighted by Gasteiger charge is 2.17. The molecular formula is C18H30N4O2. The van der Waals surface area contributed by atoms with Gasteiger partial charge in [-0.05, 0) is 50.4 Å². The largest absolute Gasteiger partial charge is 0.273 e. The summed E-state index contributed by atoms with van der Waals surface area (Å²) in [6.07, 6.45) is 9.20. The number of hydrazone groups is 2. The molecule has 6 nitrogen and oxygen atoms in total. The van der Waals surface area contributed by atoms with Crippen molar-refractivity contribution in [2.45, 2.75) is 78.1 Å². The fourth-order valence-corrected chi connectivity index (χ4v) is 3.28. The third-order valence-corrected chi connectivity index (χ3v) is 5.01. The van der Waals surface area contributed by atoms with Gasteiger partial charge in [0.2, 0.25) is 11.8 Å². The highest BCUT2D eigenvalue weighted by Crippen LogP contribution is 2.21. The molecule has 2 amide bonds. The number of nitrogens with one attached hydrogen (secondary N) is 2. The van der Waals surface area contributed by atoms with Gasteiger partial charge >= 0.3 is 0 Å². The summed E-state index contributed by atoms with van der Waals surface area (Å²) in [6, 6.07) is 0. The standard InChI is InChI=1S/C18H30N4O2/c1-13-7-3-5-9-15(13)19-21-17(23)11-12-18(24)22-20-16-10-6-4-8-14(16)2/h13-14H,3-12H2,1-2H3,(H,21,23)(H,22,24)/b19-15-,20-16-. The Morgan fingerprint density at radius 1 is 0.833 bits per heavy atom. The van der Waals surface area contributed by atoms with E-state index in [9.17, 15) is 9.59 Å². The first kappa shape index (κ1) is 18.6. The summed E-state index contributed by atoms with van der Waals surface area (Å²) in [5.74, 6) is 0.453. The fourth-order valence-electron chi connectivity index (χ4n) is 3.28. The molecule has 2 aliphatic carbocycles. The van der Waals surface area contributed by atoms with Gasteiger partial charge in [-0.15, -0.1) is 0 Å². The molecule has 0 aromatic rings. The molecule has 0 aliphatic heterocycles. The number of hydrogen-bond donors (Lipinski definition) is 2. The van der Waals surface area contributed by atoms with E-state index < -0.39 is 0 Å². The highest BCUT2D eigenvalue weighted by atomic mass is 16.2. The molecule has 2 fully saturated rings. The predicted octanol–water partition coefficient (Wildman–Crippen LogP) is 3.13. The second-order valence-electron chi connectivity index (χ2n) is 7.07. The Bertz CT molecular complexity index is 467. The molecule has 0 bridgehead atoms. The van der Waals surface area contributed by atoms with Gasteiger partial charge in [-0.2, -0.15) is 10.2 Å². The molecule has 0 heterocycles. The van der Waals surface area contributed by atoms with Crippen LogP contribution < -0.4 is 10.9 Å². The second kappa shape index (κ2) is 9.55. The molecule has 0 aromatic heterocycles. The quantitative estimate of drug-likeness (QED) is 0.757. The van der Waals surface area contributed by atoms with Crippen molar-refractivity contribution < 1.29 is 9.59 Å². The first-order chi connectivity index (χ1) is 11.6. The van der Waals surface area contributed by atoms with Gasteiger partial charge in [0.25, 0.3) is 0 Å². The van der Waals surface area contributed by atoms with Gasteiger partial charge in [0.1, 0.15) is 0 Å². The molecule has 0 aromatic carbocycles. The number of nitrogens with zero attached hydrogens (tertiary/aromatic N) is 2. The van der Waals surface area contributed by atoms with Crippen molar-refractivity contribution in [1.82, 2.24) is 10.9 Å². The number of amides is 2. The second-order valence-corrected chi connectivity index (χ2v) is 7.07. The lowest BCUT2D eigenvalue weighted by Crippen LogP contribution is -2.27. The zero-order chi connectivity index (χ0) is 17.4. The Balaban J connectivity index is 1.68.